The second-order valence-corrected chi connectivity index (χ2v) is 6.83. The van der Waals surface area contributed by atoms with Gasteiger partial charge in [0.1, 0.15) is 17.8 Å². The fraction of sp³-hybridized carbons (Fsp3) is 0.688. The molecule has 2 aliphatic heterocycles. The minimum atomic E-state index is -0.681. The van der Waals surface area contributed by atoms with Crippen LogP contribution in [0.1, 0.15) is 12.2 Å². The van der Waals surface area contributed by atoms with Crippen LogP contribution >= 0.6 is 0 Å². The van der Waals surface area contributed by atoms with Crippen LogP contribution in [0.25, 0.3) is 11.0 Å². The summed E-state index contributed by atoms with van der Waals surface area (Å²) in [6.45, 7) is 7.15. The average Bonchev–Trinajstić information content (AvgIpc) is 3.14. The maximum atomic E-state index is 13.3. The Morgan fingerprint density at radius 3 is 2.75 bits per heavy atom. The Kier molecular flexibility index (Phi) is 4.09. The molecule has 8 heteroatoms. The third-order valence-corrected chi connectivity index (χ3v) is 5.00. The van der Waals surface area contributed by atoms with Gasteiger partial charge in [-0.05, 0) is 13.3 Å². The van der Waals surface area contributed by atoms with Gasteiger partial charge in [0.2, 0.25) is 0 Å². The zero-order valence-corrected chi connectivity index (χ0v) is 14.2. The van der Waals surface area contributed by atoms with E-state index >= 15 is 0 Å². The highest BCUT2D eigenvalue weighted by molar-refractivity contribution is 5.87. The minimum Gasteiger partial charge on any atom is -0.353 e. The topological polar surface area (TPSA) is 62.1 Å². The lowest BCUT2D eigenvalue weighted by Crippen LogP contribution is -2.50. The van der Waals surface area contributed by atoms with E-state index in [-0.39, 0.29) is 6.04 Å². The number of aromatic nitrogens is 4. The predicted octanol–water partition coefficient (Wildman–Crippen LogP) is 0.494. The molecule has 0 aromatic carbocycles. The Hall–Kier alpha value is -1.80. The molecule has 130 valence electrons. The highest BCUT2D eigenvalue weighted by Gasteiger charge is 2.27. The van der Waals surface area contributed by atoms with Crippen molar-refractivity contribution in [3.05, 3.63) is 12.0 Å². The molecule has 1 N–H and O–H groups in total. The van der Waals surface area contributed by atoms with Crippen LogP contribution in [0.3, 0.4) is 0 Å². The van der Waals surface area contributed by atoms with Crippen LogP contribution in [0.2, 0.25) is 0 Å². The first-order valence-electron chi connectivity index (χ1n) is 8.61. The number of rotatable bonds is 3. The molecule has 7 nitrogen and oxygen atoms in total. The van der Waals surface area contributed by atoms with Crippen molar-refractivity contribution in [1.82, 2.24) is 30.0 Å². The maximum absolute atomic E-state index is 13.3. The molecule has 0 radical (unpaired) electrons. The van der Waals surface area contributed by atoms with Crippen LogP contribution in [0.4, 0.5) is 10.2 Å². The first-order valence-corrected chi connectivity index (χ1v) is 8.61. The zero-order chi connectivity index (χ0) is 16.7. The number of fused-ring (bicyclic) bond motifs is 1. The third kappa shape index (κ3) is 2.95. The molecule has 0 bridgehead atoms. The largest absolute Gasteiger partial charge is 0.353 e. The summed E-state index contributed by atoms with van der Waals surface area (Å²) < 4.78 is 15.1. The molecule has 0 aliphatic carbocycles. The lowest BCUT2D eigenvalue weighted by Gasteiger charge is -2.36. The van der Waals surface area contributed by atoms with Gasteiger partial charge < -0.3 is 10.2 Å². The molecular formula is C16H24FN7. The van der Waals surface area contributed by atoms with Gasteiger partial charge in [-0.25, -0.2) is 14.4 Å². The molecule has 2 atom stereocenters. The summed E-state index contributed by atoms with van der Waals surface area (Å²) in [6.07, 6.45) is 1.81. The van der Waals surface area contributed by atoms with Crippen molar-refractivity contribution in [3.63, 3.8) is 0 Å². The number of hydrogen-bond donors (Lipinski definition) is 1. The van der Waals surface area contributed by atoms with Gasteiger partial charge in [-0.1, -0.05) is 0 Å². The zero-order valence-electron chi connectivity index (χ0n) is 14.2. The second-order valence-electron chi connectivity index (χ2n) is 6.83. The summed E-state index contributed by atoms with van der Waals surface area (Å²) in [5.41, 5.74) is 0.879. The number of aryl methyl sites for hydroxylation is 2. The molecule has 4 rings (SSSR count). The van der Waals surface area contributed by atoms with E-state index < -0.39 is 6.17 Å². The van der Waals surface area contributed by atoms with Crippen molar-refractivity contribution >= 4 is 16.9 Å². The molecule has 0 saturated carbocycles. The van der Waals surface area contributed by atoms with Crippen molar-refractivity contribution < 1.29 is 4.39 Å². The first kappa shape index (κ1) is 15.7. The molecule has 0 spiro atoms. The average molecular weight is 333 g/mol. The van der Waals surface area contributed by atoms with E-state index in [1.54, 1.807) is 4.68 Å². The van der Waals surface area contributed by atoms with Gasteiger partial charge in [-0.15, -0.1) is 0 Å². The van der Waals surface area contributed by atoms with E-state index in [0.29, 0.717) is 13.0 Å². The number of alkyl halides is 1. The lowest BCUT2D eigenvalue weighted by atomic mass is 10.2. The Morgan fingerprint density at radius 1 is 1.25 bits per heavy atom. The molecule has 2 aliphatic rings. The molecule has 0 unspecified atom stereocenters. The van der Waals surface area contributed by atoms with Crippen LogP contribution in [-0.2, 0) is 7.05 Å². The first-order chi connectivity index (χ1) is 11.6. The Morgan fingerprint density at radius 2 is 2.04 bits per heavy atom. The predicted molar refractivity (Wildman–Crippen MR) is 91.0 cm³/mol. The number of halogens is 1. The highest BCUT2D eigenvalue weighted by Crippen LogP contribution is 2.24. The molecule has 2 saturated heterocycles. The van der Waals surface area contributed by atoms with Gasteiger partial charge in [-0.3, -0.25) is 9.58 Å². The molecule has 4 heterocycles. The number of anilines is 1. The lowest BCUT2D eigenvalue weighted by molar-refractivity contribution is 0.232. The number of nitrogens with one attached hydrogen (secondary N) is 1. The van der Waals surface area contributed by atoms with Crippen molar-refractivity contribution in [3.8, 4) is 0 Å². The van der Waals surface area contributed by atoms with Gasteiger partial charge in [0, 0.05) is 52.4 Å². The Bertz CT molecular complexity index is 723. The fourth-order valence-corrected chi connectivity index (χ4v) is 3.72. The standard InChI is InChI=1S/C16H24FN7/c1-11-20-15-14(9-19-22(15)2)16(21-11)24-5-3-23(4-6-24)10-13-7-12(17)8-18-13/h9,12-13,18H,3-8,10H2,1-2H3/t12-,13-/m0/s1. The van der Waals surface area contributed by atoms with E-state index in [1.165, 1.54) is 0 Å². The van der Waals surface area contributed by atoms with Crippen LogP contribution in [-0.4, -0.2) is 76.1 Å². The molecule has 2 fully saturated rings. The van der Waals surface area contributed by atoms with Gasteiger partial charge in [-0.2, -0.15) is 5.10 Å². The van der Waals surface area contributed by atoms with Gasteiger partial charge >= 0.3 is 0 Å². The van der Waals surface area contributed by atoms with Gasteiger partial charge in [0.15, 0.2) is 5.65 Å². The number of piperazine rings is 1. The summed E-state index contributed by atoms with van der Waals surface area (Å²) in [5, 5.41) is 8.59. The summed E-state index contributed by atoms with van der Waals surface area (Å²) >= 11 is 0. The Balaban J connectivity index is 1.44. The second kappa shape index (κ2) is 6.25. The molecule has 0 amide bonds. The monoisotopic (exact) mass is 333 g/mol. The highest BCUT2D eigenvalue weighted by atomic mass is 19.1. The SMILES string of the molecule is Cc1nc(N2CCN(C[C@@H]3C[C@H](F)CN3)CC2)c2cnn(C)c2n1. The number of nitrogens with zero attached hydrogens (tertiary/aromatic N) is 6. The summed E-state index contributed by atoms with van der Waals surface area (Å²) in [4.78, 5) is 13.9. The maximum Gasteiger partial charge on any atom is 0.163 e. The molecule has 2 aromatic rings. The fourth-order valence-electron chi connectivity index (χ4n) is 3.72. The molecule has 24 heavy (non-hydrogen) atoms. The van der Waals surface area contributed by atoms with Gasteiger partial charge in [0.25, 0.3) is 0 Å². The van der Waals surface area contributed by atoms with Crippen LogP contribution in [0, 0.1) is 6.92 Å². The van der Waals surface area contributed by atoms with E-state index in [9.17, 15) is 4.39 Å². The van der Waals surface area contributed by atoms with E-state index in [0.717, 1.165) is 55.4 Å². The normalized spacial score (nSPS) is 25.7. The molecular weight excluding hydrogens is 309 g/mol. The van der Waals surface area contributed by atoms with Crippen molar-refractivity contribution in [2.45, 2.75) is 25.6 Å². The van der Waals surface area contributed by atoms with Crippen molar-refractivity contribution in [2.24, 2.45) is 7.05 Å². The summed E-state index contributed by atoms with van der Waals surface area (Å²) in [5.74, 6) is 1.75. The summed E-state index contributed by atoms with van der Waals surface area (Å²) in [6, 6.07) is 0.290. The van der Waals surface area contributed by atoms with E-state index in [4.69, 9.17) is 0 Å². The minimum absolute atomic E-state index is 0.290. The van der Waals surface area contributed by atoms with Crippen LogP contribution < -0.4 is 10.2 Å². The summed E-state index contributed by atoms with van der Waals surface area (Å²) in [7, 11) is 1.91. The van der Waals surface area contributed by atoms with Gasteiger partial charge in [0.05, 0.1) is 11.6 Å². The smallest absolute Gasteiger partial charge is 0.163 e. The Labute approximate surface area is 140 Å². The van der Waals surface area contributed by atoms with Crippen molar-refractivity contribution in [1.29, 1.82) is 0 Å². The van der Waals surface area contributed by atoms with Crippen LogP contribution in [0.5, 0.6) is 0 Å². The van der Waals surface area contributed by atoms with Crippen molar-refractivity contribution in [2.75, 3.05) is 44.2 Å². The van der Waals surface area contributed by atoms with Crippen LogP contribution in [0.15, 0.2) is 6.20 Å². The third-order valence-electron chi connectivity index (χ3n) is 5.00. The quantitative estimate of drug-likeness (QED) is 0.882. The number of hydrogen-bond acceptors (Lipinski definition) is 6. The van der Waals surface area contributed by atoms with E-state index in [1.807, 2.05) is 20.2 Å². The molecule has 2 aromatic heterocycles. The van der Waals surface area contributed by atoms with E-state index in [2.05, 4.69) is 30.2 Å².